The normalized spacial score (nSPS) is 16.4. The smallest absolute Gasteiger partial charge is 0.493 e. The lowest BCUT2D eigenvalue weighted by Gasteiger charge is -2.27. The van der Waals surface area contributed by atoms with Gasteiger partial charge in [0.2, 0.25) is 0 Å². The predicted octanol–water partition coefficient (Wildman–Crippen LogP) is 4.40. The van der Waals surface area contributed by atoms with E-state index in [0.717, 1.165) is 17.7 Å². The Labute approximate surface area is 147 Å². The molecule has 0 aromatic heterocycles. The molecule has 1 heterocycles. The van der Waals surface area contributed by atoms with E-state index in [9.17, 15) is 13.2 Å². The van der Waals surface area contributed by atoms with Crippen molar-refractivity contribution in [3.8, 4) is 11.5 Å². The molecule has 0 unspecified atom stereocenters. The quantitative estimate of drug-likeness (QED) is 0.787. The molecule has 0 aliphatic carbocycles. The van der Waals surface area contributed by atoms with Gasteiger partial charge in [0.1, 0.15) is 11.5 Å². The van der Waals surface area contributed by atoms with E-state index in [1.807, 2.05) is 24.3 Å². The van der Waals surface area contributed by atoms with Gasteiger partial charge in [0, 0.05) is 17.7 Å². The van der Waals surface area contributed by atoms with Crippen molar-refractivity contribution in [2.45, 2.75) is 18.8 Å². The van der Waals surface area contributed by atoms with Crippen LogP contribution in [0.1, 0.15) is 18.0 Å². The molecule has 2 aromatic carbocycles. The molecule has 3 rings (SSSR count). The topological polar surface area (TPSA) is 42.5 Å². The van der Waals surface area contributed by atoms with Gasteiger partial charge in [-0.05, 0) is 42.5 Å². The van der Waals surface area contributed by atoms with Gasteiger partial charge in [0.25, 0.3) is 0 Å². The van der Waals surface area contributed by atoms with Crippen LogP contribution in [-0.2, 0) is 0 Å². The van der Waals surface area contributed by atoms with E-state index in [1.54, 1.807) is 0 Å². The summed E-state index contributed by atoms with van der Waals surface area (Å²) in [6.07, 6.45) is -3.95. The molecule has 0 fully saturated rings. The van der Waals surface area contributed by atoms with E-state index in [-0.39, 0.29) is 11.8 Å². The SMILES string of the molecule is FC(F)(F)Oc1ccc(NC(=S)N[C@@H]2CCOc3ccccc32)cc1. The highest BCUT2D eigenvalue weighted by molar-refractivity contribution is 7.80. The summed E-state index contributed by atoms with van der Waals surface area (Å²) < 4.78 is 45.9. The lowest BCUT2D eigenvalue weighted by Crippen LogP contribution is -2.35. The van der Waals surface area contributed by atoms with Crippen molar-refractivity contribution in [1.29, 1.82) is 0 Å². The van der Waals surface area contributed by atoms with Crippen molar-refractivity contribution in [1.82, 2.24) is 5.32 Å². The number of ether oxygens (including phenoxy) is 2. The second-order valence-corrected chi connectivity index (χ2v) is 5.81. The van der Waals surface area contributed by atoms with Gasteiger partial charge in [-0.15, -0.1) is 13.2 Å². The van der Waals surface area contributed by atoms with Gasteiger partial charge in [0.15, 0.2) is 5.11 Å². The maximum atomic E-state index is 12.2. The number of benzene rings is 2. The standard InChI is InChI=1S/C17H15F3N2O2S/c18-17(19,20)24-12-7-5-11(6-8-12)21-16(25)22-14-9-10-23-15-4-2-1-3-13(14)15/h1-8,14H,9-10H2,(H2,21,22,25)/t14-/m1/s1. The third kappa shape index (κ3) is 4.76. The summed E-state index contributed by atoms with van der Waals surface area (Å²) in [4.78, 5) is 0. The largest absolute Gasteiger partial charge is 0.573 e. The summed E-state index contributed by atoms with van der Waals surface area (Å²) in [5.41, 5.74) is 1.58. The number of anilines is 1. The Hall–Kier alpha value is -2.48. The highest BCUT2D eigenvalue weighted by atomic mass is 32.1. The third-order valence-corrected chi connectivity index (χ3v) is 3.83. The zero-order valence-corrected chi connectivity index (χ0v) is 13.8. The number of thiocarbonyl (C=S) groups is 1. The first-order chi connectivity index (χ1) is 11.9. The average Bonchev–Trinajstić information content (AvgIpc) is 2.56. The third-order valence-electron chi connectivity index (χ3n) is 3.61. The fourth-order valence-electron chi connectivity index (χ4n) is 2.56. The maximum Gasteiger partial charge on any atom is 0.573 e. The van der Waals surface area contributed by atoms with E-state index in [1.165, 1.54) is 24.3 Å². The number of nitrogens with one attached hydrogen (secondary N) is 2. The summed E-state index contributed by atoms with van der Waals surface area (Å²) in [6, 6.07) is 13.1. The summed E-state index contributed by atoms with van der Waals surface area (Å²) in [5.74, 6) is 0.540. The summed E-state index contributed by atoms with van der Waals surface area (Å²) >= 11 is 5.29. The number of para-hydroxylation sites is 1. The van der Waals surface area contributed by atoms with Gasteiger partial charge < -0.3 is 20.1 Å². The Kier molecular flexibility index (Phi) is 4.98. The first-order valence-corrected chi connectivity index (χ1v) is 7.96. The molecule has 2 aromatic rings. The summed E-state index contributed by atoms with van der Waals surface area (Å²) in [7, 11) is 0. The molecule has 0 saturated carbocycles. The Bertz CT molecular complexity index is 750. The fourth-order valence-corrected chi connectivity index (χ4v) is 2.82. The van der Waals surface area contributed by atoms with Gasteiger partial charge in [-0.25, -0.2) is 0 Å². The van der Waals surface area contributed by atoms with Crippen molar-refractivity contribution in [2.75, 3.05) is 11.9 Å². The molecule has 4 nitrogen and oxygen atoms in total. The zero-order valence-electron chi connectivity index (χ0n) is 13.0. The lowest BCUT2D eigenvalue weighted by atomic mass is 10.0. The van der Waals surface area contributed by atoms with E-state index < -0.39 is 6.36 Å². The van der Waals surface area contributed by atoms with Crippen LogP contribution in [0.2, 0.25) is 0 Å². The number of hydrogen-bond acceptors (Lipinski definition) is 3. The molecule has 0 bridgehead atoms. The number of alkyl halides is 3. The van der Waals surface area contributed by atoms with E-state index in [2.05, 4.69) is 15.4 Å². The highest BCUT2D eigenvalue weighted by Gasteiger charge is 2.31. The summed E-state index contributed by atoms with van der Waals surface area (Å²) in [5, 5.41) is 6.54. The van der Waals surface area contributed by atoms with Crippen LogP contribution in [0.3, 0.4) is 0 Å². The first kappa shape index (κ1) is 17.3. The molecule has 0 spiro atoms. The number of hydrogen-bond donors (Lipinski definition) is 2. The van der Waals surface area contributed by atoms with Crippen LogP contribution in [0.25, 0.3) is 0 Å². The number of halogens is 3. The van der Waals surface area contributed by atoms with E-state index in [0.29, 0.717) is 17.4 Å². The lowest BCUT2D eigenvalue weighted by molar-refractivity contribution is -0.274. The maximum absolute atomic E-state index is 12.2. The molecule has 2 N–H and O–H groups in total. The molecule has 1 aliphatic rings. The van der Waals surface area contributed by atoms with Crippen LogP contribution >= 0.6 is 12.2 Å². The van der Waals surface area contributed by atoms with E-state index >= 15 is 0 Å². The fraction of sp³-hybridized carbons (Fsp3) is 0.235. The molecule has 1 atom stereocenters. The molecule has 1 aliphatic heterocycles. The van der Waals surface area contributed by atoms with Gasteiger partial charge in [-0.3, -0.25) is 0 Å². The monoisotopic (exact) mass is 368 g/mol. The molecule has 132 valence electrons. The first-order valence-electron chi connectivity index (χ1n) is 7.56. The Morgan fingerprint density at radius 1 is 1.12 bits per heavy atom. The molecular formula is C17H15F3N2O2S. The number of fused-ring (bicyclic) bond motifs is 1. The van der Waals surface area contributed by atoms with Crippen molar-refractivity contribution >= 4 is 23.0 Å². The van der Waals surface area contributed by atoms with Crippen molar-refractivity contribution in [2.24, 2.45) is 0 Å². The summed E-state index contributed by atoms with van der Waals surface area (Å²) in [6.45, 7) is 0.584. The van der Waals surface area contributed by atoms with Gasteiger partial charge in [-0.1, -0.05) is 18.2 Å². The second kappa shape index (κ2) is 7.18. The van der Waals surface area contributed by atoms with E-state index in [4.69, 9.17) is 17.0 Å². The molecule has 0 radical (unpaired) electrons. The molecule has 8 heteroatoms. The Morgan fingerprint density at radius 3 is 2.56 bits per heavy atom. The van der Waals surface area contributed by atoms with Crippen molar-refractivity contribution < 1.29 is 22.6 Å². The van der Waals surface area contributed by atoms with Gasteiger partial charge >= 0.3 is 6.36 Å². The van der Waals surface area contributed by atoms with Crippen molar-refractivity contribution in [3.63, 3.8) is 0 Å². The molecule has 0 amide bonds. The van der Waals surface area contributed by atoms with Crippen LogP contribution in [0.4, 0.5) is 18.9 Å². The molecule has 25 heavy (non-hydrogen) atoms. The zero-order chi connectivity index (χ0) is 17.9. The Morgan fingerprint density at radius 2 is 1.84 bits per heavy atom. The van der Waals surface area contributed by atoms with Crippen LogP contribution in [0.15, 0.2) is 48.5 Å². The van der Waals surface area contributed by atoms with Crippen LogP contribution in [-0.4, -0.2) is 18.1 Å². The Balaban J connectivity index is 1.60. The van der Waals surface area contributed by atoms with Crippen LogP contribution < -0.4 is 20.1 Å². The van der Waals surface area contributed by atoms with Crippen LogP contribution in [0.5, 0.6) is 11.5 Å². The van der Waals surface area contributed by atoms with Gasteiger partial charge in [0.05, 0.1) is 12.6 Å². The molecular weight excluding hydrogens is 353 g/mol. The predicted molar refractivity (Wildman–Crippen MR) is 91.8 cm³/mol. The minimum absolute atomic E-state index is 0.0118. The van der Waals surface area contributed by atoms with Gasteiger partial charge in [-0.2, -0.15) is 0 Å². The minimum Gasteiger partial charge on any atom is -0.493 e. The number of rotatable bonds is 3. The second-order valence-electron chi connectivity index (χ2n) is 5.40. The van der Waals surface area contributed by atoms with Crippen molar-refractivity contribution in [3.05, 3.63) is 54.1 Å². The van der Waals surface area contributed by atoms with Crippen LogP contribution in [0, 0.1) is 0 Å². The molecule has 0 saturated heterocycles. The average molecular weight is 368 g/mol. The highest BCUT2D eigenvalue weighted by Crippen LogP contribution is 2.31. The minimum atomic E-state index is -4.71.